The number of sulfonamides is 1. The smallest absolute Gasteiger partial charge is 0.272 e. The summed E-state index contributed by atoms with van der Waals surface area (Å²) >= 11 is 0.758. The summed E-state index contributed by atoms with van der Waals surface area (Å²) in [7, 11) is -5.61. The molecule has 0 aromatic carbocycles. The number of anilines is 1. The Hall–Kier alpha value is -0.780. The summed E-state index contributed by atoms with van der Waals surface area (Å²) < 4.78 is 47.8. The number of rotatable bonds is 3. The van der Waals surface area contributed by atoms with Gasteiger partial charge < -0.3 is 5.73 Å². The molecule has 1 aromatic rings. The van der Waals surface area contributed by atoms with Crippen LogP contribution in [0, 0.1) is 0 Å². The van der Waals surface area contributed by atoms with Crippen molar-refractivity contribution in [2.75, 3.05) is 24.3 Å². The maximum absolute atomic E-state index is 12.1. The van der Waals surface area contributed by atoms with E-state index in [1.807, 2.05) is 0 Å². The predicted octanol–water partition coefficient (Wildman–Crippen LogP) is -1.07. The summed E-state index contributed by atoms with van der Waals surface area (Å²) in [6.07, 6.45) is 0.298. The van der Waals surface area contributed by atoms with E-state index >= 15 is 0 Å². The number of nitrogens with two attached hydrogens (primary N) is 1. The monoisotopic (exact) mass is 312 g/mol. The molecular weight excluding hydrogens is 300 g/mol. The number of hydrogen-bond acceptors (Lipinski definition) is 8. The molecule has 18 heavy (non-hydrogen) atoms. The third-order valence-corrected chi connectivity index (χ3v) is 7.50. The molecule has 2 N–H and O–H groups in total. The van der Waals surface area contributed by atoms with Gasteiger partial charge in [-0.25, -0.2) is 16.8 Å². The molecule has 0 spiro atoms. The van der Waals surface area contributed by atoms with Gasteiger partial charge in [-0.1, -0.05) is 11.3 Å². The van der Waals surface area contributed by atoms with Crippen molar-refractivity contribution in [3.8, 4) is 0 Å². The van der Waals surface area contributed by atoms with E-state index in [2.05, 4.69) is 10.2 Å². The first-order valence-corrected chi connectivity index (χ1v) is 9.07. The third kappa shape index (κ3) is 2.48. The second-order valence-electron chi connectivity index (χ2n) is 3.98. The molecular formula is C7H12N4O4S3. The van der Waals surface area contributed by atoms with E-state index in [9.17, 15) is 16.8 Å². The summed E-state index contributed by atoms with van der Waals surface area (Å²) in [5.41, 5.74) is 5.34. The van der Waals surface area contributed by atoms with E-state index in [1.165, 1.54) is 7.05 Å². The minimum absolute atomic E-state index is 0.00971. The molecule has 8 nitrogen and oxygen atoms in total. The van der Waals surface area contributed by atoms with Crippen LogP contribution in [0.2, 0.25) is 0 Å². The van der Waals surface area contributed by atoms with Crippen molar-refractivity contribution in [1.82, 2.24) is 14.5 Å². The zero-order valence-corrected chi connectivity index (χ0v) is 11.9. The first-order chi connectivity index (χ1) is 8.22. The van der Waals surface area contributed by atoms with Crippen LogP contribution in [-0.2, 0) is 19.9 Å². The van der Waals surface area contributed by atoms with Gasteiger partial charge in [0.2, 0.25) is 9.47 Å². The molecule has 1 aliphatic rings. The van der Waals surface area contributed by atoms with Gasteiger partial charge in [-0.05, 0) is 6.42 Å². The highest BCUT2D eigenvalue weighted by Gasteiger charge is 2.37. The predicted molar refractivity (Wildman–Crippen MR) is 66.3 cm³/mol. The lowest BCUT2D eigenvalue weighted by atomic mass is 10.3. The molecule has 1 unspecified atom stereocenters. The Balaban J connectivity index is 2.26. The molecule has 11 heteroatoms. The molecule has 1 saturated heterocycles. The molecule has 0 saturated carbocycles. The van der Waals surface area contributed by atoms with Gasteiger partial charge in [0.15, 0.2) is 9.84 Å². The van der Waals surface area contributed by atoms with Crippen molar-refractivity contribution in [2.45, 2.75) is 16.8 Å². The van der Waals surface area contributed by atoms with Crippen LogP contribution in [0.4, 0.5) is 5.13 Å². The van der Waals surface area contributed by atoms with Gasteiger partial charge >= 0.3 is 0 Å². The number of aromatic nitrogens is 2. The minimum atomic E-state index is -3.82. The Morgan fingerprint density at radius 1 is 1.44 bits per heavy atom. The Kier molecular flexibility index (Phi) is 3.34. The first-order valence-electron chi connectivity index (χ1n) is 5.00. The molecule has 2 rings (SSSR count). The van der Waals surface area contributed by atoms with Gasteiger partial charge in [-0.15, -0.1) is 10.2 Å². The fraction of sp³-hybridized carbons (Fsp3) is 0.714. The van der Waals surface area contributed by atoms with Crippen molar-refractivity contribution in [3.05, 3.63) is 0 Å². The quantitative estimate of drug-likeness (QED) is 0.753. The Bertz CT molecular complexity index is 650. The zero-order valence-electron chi connectivity index (χ0n) is 9.48. The maximum Gasteiger partial charge on any atom is 0.272 e. The SMILES string of the molecule is CN(C1CCS(=O)(=O)C1)S(=O)(=O)c1nnc(N)s1. The highest BCUT2D eigenvalue weighted by atomic mass is 32.2. The van der Waals surface area contributed by atoms with E-state index in [4.69, 9.17) is 5.73 Å². The lowest BCUT2D eigenvalue weighted by Gasteiger charge is -2.20. The van der Waals surface area contributed by atoms with Crippen LogP contribution in [0.1, 0.15) is 6.42 Å². The lowest BCUT2D eigenvalue weighted by Crippen LogP contribution is -2.37. The van der Waals surface area contributed by atoms with Crippen molar-refractivity contribution in [1.29, 1.82) is 0 Å². The van der Waals surface area contributed by atoms with E-state index in [0.717, 1.165) is 15.6 Å². The topological polar surface area (TPSA) is 123 Å². The lowest BCUT2D eigenvalue weighted by molar-refractivity contribution is 0.393. The summed E-state index contributed by atoms with van der Waals surface area (Å²) in [6.45, 7) is 0. The molecule has 1 atom stereocenters. The first kappa shape index (κ1) is 13.6. The second-order valence-corrected chi connectivity index (χ2v) is 9.39. The standard InChI is InChI=1S/C7H12N4O4S3/c1-11(5-2-3-17(12,13)4-5)18(14,15)7-10-9-6(8)16-7/h5H,2-4H2,1H3,(H2,8,9). The fourth-order valence-corrected chi connectivity index (χ4v) is 5.91. The summed E-state index contributed by atoms with van der Waals surface area (Å²) in [4.78, 5) is 0. The number of sulfone groups is 1. The van der Waals surface area contributed by atoms with Gasteiger partial charge in [-0.2, -0.15) is 4.31 Å². The Morgan fingerprint density at radius 2 is 2.11 bits per heavy atom. The van der Waals surface area contributed by atoms with Gasteiger partial charge in [-0.3, -0.25) is 0 Å². The molecule has 0 radical (unpaired) electrons. The Morgan fingerprint density at radius 3 is 2.56 bits per heavy atom. The number of hydrogen-bond donors (Lipinski definition) is 1. The largest absolute Gasteiger partial charge is 0.374 e. The van der Waals surface area contributed by atoms with E-state index in [1.54, 1.807) is 0 Å². The third-order valence-electron chi connectivity index (χ3n) is 2.74. The van der Waals surface area contributed by atoms with E-state index in [0.29, 0.717) is 6.42 Å². The number of nitrogen functional groups attached to an aromatic ring is 1. The van der Waals surface area contributed by atoms with Crippen LogP contribution in [0.15, 0.2) is 4.34 Å². The summed E-state index contributed by atoms with van der Waals surface area (Å²) in [5, 5.41) is 6.98. The maximum atomic E-state index is 12.1. The van der Waals surface area contributed by atoms with E-state index < -0.39 is 25.9 Å². The van der Waals surface area contributed by atoms with Crippen LogP contribution in [0.3, 0.4) is 0 Å². The Labute approximate surface area is 109 Å². The molecule has 0 amide bonds. The molecule has 1 aromatic heterocycles. The molecule has 102 valence electrons. The van der Waals surface area contributed by atoms with Gasteiger partial charge in [0, 0.05) is 13.1 Å². The van der Waals surface area contributed by atoms with Crippen LogP contribution in [0.5, 0.6) is 0 Å². The van der Waals surface area contributed by atoms with Crippen molar-refractivity contribution < 1.29 is 16.8 Å². The van der Waals surface area contributed by atoms with Crippen LogP contribution in [0.25, 0.3) is 0 Å². The van der Waals surface area contributed by atoms with E-state index in [-0.39, 0.29) is 21.0 Å². The molecule has 1 aliphatic heterocycles. The highest BCUT2D eigenvalue weighted by Crippen LogP contribution is 2.25. The molecule has 0 bridgehead atoms. The van der Waals surface area contributed by atoms with Crippen molar-refractivity contribution >= 4 is 36.3 Å². The van der Waals surface area contributed by atoms with Crippen molar-refractivity contribution in [2.24, 2.45) is 0 Å². The second kappa shape index (κ2) is 4.40. The highest BCUT2D eigenvalue weighted by molar-refractivity contribution is 7.92. The molecule has 0 aliphatic carbocycles. The minimum Gasteiger partial charge on any atom is -0.374 e. The van der Waals surface area contributed by atoms with Gasteiger partial charge in [0.25, 0.3) is 10.0 Å². The fourth-order valence-electron chi connectivity index (χ4n) is 1.71. The normalized spacial score (nSPS) is 23.6. The average molecular weight is 312 g/mol. The van der Waals surface area contributed by atoms with Gasteiger partial charge in [0.1, 0.15) is 0 Å². The zero-order chi connectivity index (χ0) is 13.6. The number of nitrogens with zero attached hydrogens (tertiary/aromatic N) is 3. The molecule has 2 heterocycles. The average Bonchev–Trinajstić information content (AvgIpc) is 2.83. The van der Waals surface area contributed by atoms with Crippen LogP contribution >= 0.6 is 11.3 Å². The molecule has 1 fully saturated rings. The summed E-state index contributed by atoms with van der Waals surface area (Å²) in [6, 6.07) is -0.551. The summed E-state index contributed by atoms with van der Waals surface area (Å²) in [5.74, 6) is -0.146. The van der Waals surface area contributed by atoms with Crippen LogP contribution in [-0.4, -0.2) is 55.9 Å². The van der Waals surface area contributed by atoms with Crippen molar-refractivity contribution in [3.63, 3.8) is 0 Å². The van der Waals surface area contributed by atoms with Crippen LogP contribution < -0.4 is 5.73 Å². The van der Waals surface area contributed by atoms with Gasteiger partial charge in [0.05, 0.1) is 11.5 Å².